The van der Waals surface area contributed by atoms with Gasteiger partial charge < -0.3 is 16.2 Å². The van der Waals surface area contributed by atoms with Gasteiger partial charge in [0.25, 0.3) is 5.91 Å². The standard InChI is InChI=1S/C23H26ClFN6O2/c1-30-11-15(10-27-30)23(33)8-13-5-12(6-14(13)9-23)20-19(21(26)31(2)29-20)22(32)28-16-3-4-18(25)17(24)7-16/h3-4,7,10-14,33H,5-6,8-9,26H2,1-2H3,(H,28,32). The van der Waals surface area contributed by atoms with Gasteiger partial charge in [0.1, 0.15) is 17.2 Å². The number of aryl methyl sites for hydroxylation is 2. The zero-order valence-electron chi connectivity index (χ0n) is 18.4. The molecule has 10 heteroatoms. The van der Waals surface area contributed by atoms with Crippen molar-refractivity contribution in [2.75, 3.05) is 11.1 Å². The molecule has 1 amide bonds. The van der Waals surface area contributed by atoms with E-state index in [1.165, 1.54) is 22.9 Å². The van der Waals surface area contributed by atoms with Crippen molar-refractivity contribution in [2.45, 2.75) is 37.2 Å². The number of carbonyl (C=O) groups excluding carboxylic acids is 1. The number of benzene rings is 1. The van der Waals surface area contributed by atoms with E-state index in [4.69, 9.17) is 17.3 Å². The van der Waals surface area contributed by atoms with Crippen molar-refractivity contribution < 1.29 is 14.3 Å². The van der Waals surface area contributed by atoms with Gasteiger partial charge in [-0.05, 0) is 55.7 Å². The average molecular weight is 473 g/mol. The number of nitrogens with two attached hydrogens (primary N) is 1. The number of aliphatic hydroxyl groups is 1. The number of nitrogens with zero attached hydrogens (tertiary/aromatic N) is 4. The molecule has 2 aliphatic carbocycles. The van der Waals surface area contributed by atoms with Crippen LogP contribution in [0.2, 0.25) is 5.02 Å². The van der Waals surface area contributed by atoms with Gasteiger partial charge in [-0.25, -0.2) is 4.39 Å². The second-order valence-corrected chi connectivity index (χ2v) is 9.79. The molecular formula is C23H26ClFN6O2. The van der Waals surface area contributed by atoms with Crippen molar-refractivity contribution in [1.29, 1.82) is 0 Å². The van der Waals surface area contributed by atoms with Gasteiger partial charge in [0, 0.05) is 37.5 Å². The number of carbonyl (C=O) groups is 1. The summed E-state index contributed by atoms with van der Waals surface area (Å²) in [5, 5.41) is 22.7. The molecule has 2 atom stereocenters. The van der Waals surface area contributed by atoms with Gasteiger partial charge in [0.05, 0.1) is 22.5 Å². The Morgan fingerprint density at radius 1 is 1.30 bits per heavy atom. The summed E-state index contributed by atoms with van der Waals surface area (Å²) in [5.41, 5.74) is 7.60. The Balaban J connectivity index is 1.36. The van der Waals surface area contributed by atoms with E-state index in [1.54, 1.807) is 17.9 Å². The summed E-state index contributed by atoms with van der Waals surface area (Å²) in [6.45, 7) is 0. The van der Waals surface area contributed by atoms with Crippen molar-refractivity contribution >= 4 is 29.0 Å². The molecule has 0 bridgehead atoms. The van der Waals surface area contributed by atoms with Crippen LogP contribution in [0.15, 0.2) is 30.6 Å². The molecule has 5 rings (SSSR count). The fraction of sp³-hybridized carbons (Fsp3) is 0.435. The molecule has 33 heavy (non-hydrogen) atoms. The number of aromatic nitrogens is 4. The molecule has 2 heterocycles. The zero-order valence-corrected chi connectivity index (χ0v) is 19.2. The maximum atomic E-state index is 13.5. The number of halogens is 2. The van der Waals surface area contributed by atoms with E-state index in [0.717, 1.165) is 18.4 Å². The lowest BCUT2D eigenvalue weighted by atomic mass is 9.88. The van der Waals surface area contributed by atoms with Crippen molar-refractivity contribution in [3.8, 4) is 0 Å². The second kappa shape index (κ2) is 7.85. The minimum atomic E-state index is -0.861. The van der Waals surface area contributed by atoms with E-state index in [0.29, 0.717) is 41.6 Å². The lowest BCUT2D eigenvalue weighted by molar-refractivity contribution is 0.0344. The summed E-state index contributed by atoms with van der Waals surface area (Å²) >= 11 is 5.84. The summed E-state index contributed by atoms with van der Waals surface area (Å²) in [6, 6.07) is 4.01. The minimum absolute atomic E-state index is 0.0690. The van der Waals surface area contributed by atoms with E-state index in [-0.39, 0.29) is 16.8 Å². The van der Waals surface area contributed by atoms with Crippen LogP contribution in [-0.4, -0.2) is 30.6 Å². The molecule has 3 aromatic rings. The van der Waals surface area contributed by atoms with Crippen molar-refractivity contribution in [3.05, 3.63) is 58.3 Å². The van der Waals surface area contributed by atoms with Crippen LogP contribution in [-0.2, 0) is 19.7 Å². The SMILES string of the molecule is Cn1cc(C2(O)CC3CC(c4nn(C)c(N)c4C(=O)Nc4ccc(F)c(Cl)c4)CC3C2)cn1. The quantitative estimate of drug-likeness (QED) is 0.537. The van der Waals surface area contributed by atoms with Crippen LogP contribution in [0.1, 0.15) is 53.2 Å². The first-order chi connectivity index (χ1) is 15.6. The van der Waals surface area contributed by atoms with Crippen LogP contribution in [0.25, 0.3) is 0 Å². The topological polar surface area (TPSA) is 111 Å². The van der Waals surface area contributed by atoms with E-state index in [2.05, 4.69) is 15.5 Å². The highest BCUT2D eigenvalue weighted by molar-refractivity contribution is 6.31. The predicted molar refractivity (Wildman–Crippen MR) is 122 cm³/mol. The monoisotopic (exact) mass is 472 g/mol. The van der Waals surface area contributed by atoms with E-state index < -0.39 is 17.3 Å². The molecular weight excluding hydrogens is 447 g/mol. The van der Waals surface area contributed by atoms with Crippen molar-refractivity contribution in [1.82, 2.24) is 19.6 Å². The molecule has 0 spiro atoms. The number of rotatable bonds is 4. The maximum Gasteiger partial charge on any atom is 0.261 e. The van der Waals surface area contributed by atoms with Gasteiger partial charge in [-0.3, -0.25) is 14.2 Å². The van der Waals surface area contributed by atoms with Crippen LogP contribution in [0.4, 0.5) is 15.9 Å². The molecule has 8 nitrogen and oxygen atoms in total. The lowest BCUT2D eigenvalue weighted by Gasteiger charge is -2.23. The number of amides is 1. The fourth-order valence-electron chi connectivity index (χ4n) is 5.63. The van der Waals surface area contributed by atoms with Crippen LogP contribution < -0.4 is 11.1 Å². The fourth-order valence-corrected chi connectivity index (χ4v) is 5.81. The van der Waals surface area contributed by atoms with Crippen LogP contribution in [0.3, 0.4) is 0 Å². The molecule has 174 valence electrons. The first-order valence-corrected chi connectivity index (χ1v) is 11.3. The predicted octanol–water partition coefficient (Wildman–Crippen LogP) is 3.57. The molecule has 2 aliphatic rings. The third kappa shape index (κ3) is 3.79. The minimum Gasteiger partial charge on any atom is -0.385 e. The van der Waals surface area contributed by atoms with Crippen LogP contribution >= 0.6 is 11.6 Å². The van der Waals surface area contributed by atoms with E-state index in [1.807, 2.05) is 13.2 Å². The number of hydrogen-bond acceptors (Lipinski definition) is 5. The maximum absolute atomic E-state index is 13.5. The number of anilines is 2. The van der Waals surface area contributed by atoms with Gasteiger partial charge >= 0.3 is 0 Å². The Morgan fingerprint density at radius 3 is 2.61 bits per heavy atom. The molecule has 0 aliphatic heterocycles. The highest BCUT2D eigenvalue weighted by Crippen LogP contribution is 2.57. The summed E-state index contributed by atoms with van der Waals surface area (Å²) in [6.07, 6.45) is 6.60. The van der Waals surface area contributed by atoms with Gasteiger partial charge in [-0.2, -0.15) is 10.2 Å². The summed E-state index contributed by atoms with van der Waals surface area (Å²) in [5.74, 6) is 0.0480. The molecule has 0 radical (unpaired) electrons. The number of nitrogens with one attached hydrogen (secondary N) is 1. The molecule has 0 saturated heterocycles. The first kappa shape index (κ1) is 21.9. The highest BCUT2D eigenvalue weighted by Gasteiger charge is 2.51. The Morgan fingerprint density at radius 2 is 2.00 bits per heavy atom. The molecule has 2 aromatic heterocycles. The highest BCUT2D eigenvalue weighted by atomic mass is 35.5. The van der Waals surface area contributed by atoms with Crippen LogP contribution in [0, 0.1) is 17.7 Å². The Labute approximate surface area is 195 Å². The summed E-state index contributed by atoms with van der Waals surface area (Å²) in [4.78, 5) is 13.1. The first-order valence-electron chi connectivity index (χ1n) is 10.9. The average Bonchev–Trinajstić information content (AvgIpc) is 3.48. The normalized spacial score (nSPS) is 26.5. The van der Waals surface area contributed by atoms with E-state index >= 15 is 0 Å². The number of fused-ring (bicyclic) bond motifs is 1. The Bertz CT molecular complexity index is 1220. The number of hydrogen-bond donors (Lipinski definition) is 3. The van der Waals surface area contributed by atoms with Gasteiger partial charge in [-0.1, -0.05) is 11.6 Å². The van der Waals surface area contributed by atoms with Crippen LogP contribution in [0.5, 0.6) is 0 Å². The van der Waals surface area contributed by atoms with E-state index in [9.17, 15) is 14.3 Å². The largest absolute Gasteiger partial charge is 0.385 e. The third-order valence-electron chi connectivity index (χ3n) is 7.19. The Kier molecular flexibility index (Phi) is 5.21. The van der Waals surface area contributed by atoms with Crippen molar-refractivity contribution in [2.24, 2.45) is 25.9 Å². The molecule has 2 saturated carbocycles. The second-order valence-electron chi connectivity index (χ2n) is 9.38. The Hall–Kier alpha value is -2.91. The third-order valence-corrected chi connectivity index (χ3v) is 7.48. The zero-order chi connectivity index (χ0) is 23.5. The van der Waals surface area contributed by atoms with Crippen molar-refractivity contribution in [3.63, 3.8) is 0 Å². The molecule has 2 unspecified atom stereocenters. The molecule has 4 N–H and O–H groups in total. The van der Waals surface area contributed by atoms with Gasteiger partial charge in [-0.15, -0.1) is 0 Å². The number of nitrogen functional groups attached to an aromatic ring is 1. The smallest absolute Gasteiger partial charge is 0.261 e. The molecule has 2 fully saturated rings. The summed E-state index contributed by atoms with van der Waals surface area (Å²) < 4.78 is 16.7. The molecule has 1 aromatic carbocycles. The van der Waals surface area contributed by atoms with Gasteiger partial charge in [0.2, 0.25) is 0 Å². The summed E-state index contributed by atoms with van der Waals surface area (Å²) in [7, 11) is 3.55. The lowest BCUT2D eigenvalue weighted by Crippen LogP contribution is -2.22. The van der Waals surface area contributed by atoms with Gasteiger partial charge in [0.15, 0.2) is 0 Å².